The number of ether oxygens (including phenoxy) is 2. The molecule has 0 aromatic rings. The third kappa shape index (κ3) is 12.1. The maximum absolute atomic E-state index is 11.2. The standard InChI is InChI=1S/C11H25NO4S/c1-3-17(13,14)11-7-12-6-4-5-8-16-10-9-15-2/h12H,3-11H2,1-2H3. The summed E-state index contributed by atoms with van der Waals surface area (Å²) in [6.07, 6.45) is 1.98. The first-order valence-electron chi connectivity index (χ1n) is 6.10. The number of hydrogen-bond donors (Lipinski definition) is 1. The van der Waals surface area contributed by atoms with Crippen LogP contribution in [0.25, 0.3) is 0 Å². The number of unbranched alkanes of at least 4 members (excludes halogenated alkanes) is 1. The first kappa shape index (κ1) is 16.8. The van der Waals surface area contributed by atoms with Gasteiger partial charge < -0.3 is 14.8 Å². The second-order valence-corrected chi connectivity index (χ2v) is 6.27. The summed E-state index contributed by atoms with van der Waals surface area (Å²) < 4.78 is 32.5. The zero-order chi connectivity index (χ0) is 13.0. The monoisotopic (exact) mass is 267 g/mol. The lowest BCUT2D eigenvalue weighted by Crippen LogP contribution is -2.24. The van der Waals surface area contributed by atoms with Crippen LogP contribution in [0.15, 0.2) is 0 Å². The van der Waals surface area contributed by atoms with Gasteiger partial charge in [0.25, 0.3) is 0 Å². The number of sulfone groups is 1. The lowest BCUT2D eigenvalue weighted by Gasteiger charge is -2.05. The fourth-order valence-electron chi connectivity index (χ4n) is 1.20. The van der Waals surface area contributed by atoms with Crippen LogP contribution in [0.1, 0.15) is 19.8 Å². The van der Waals surface area contributed by atoms with Gasteiger partial charge in [0.05, 0.1) is 19.0 Å². The van der Waals surface area contributed by atoms with Crippen LogP contribution < -0.4 is 5.32 Å². The van der Waals surface area contributed by atoms with Crippen LogP contribution >= 0.6 is 0 Å². The molecule has 0 unspecified atom stereocenters. The van der Waals surface area contributed by atoms with Gasteiger partial charge in [0.2, 0.25) is 0 Å². The lowest BCUT2D eigenvalue weighted by molar-refractivity contribution is 0.0688. The third-order valence-electron chi connectivity index (χ3n) is 2.35. The average molecular weight is 267 g/mol. The van der Waals surface area contributed by atoms with Crippen molar-refractivity contribution in [1.82, 2.24) is 5.32 Å². The first-order valence-corrected chi connectivity index (χ1v) is 7.92. The van der Waals surface area contributed by atoms with E-state index in [-0.39, 0.29) is 11.5 Å². The molecule has 104 valence electrons. The third-order valence-corrected chi connectivity index (χ3v) is 4.06. The van der Waals surface area contributed by atoms with Crippen molar-refractivity contribution in [3.8, 4) is 0 Å². The molecule has 0 amide bonds. The molecular formula is C11H25NO4S. The van der Waals surface area contributed by atoms with Gasteiger partial charge in [-0.2, -0.15) is 0 Å². The lowest BCUT2D eigenvalue weighted by atomic mass is 10.3. The van der Waals surface area contributed by atoms with Crippen molar-refractivity contribution in [3.63, 3.8) is 0 Å². The van der Waals surface area contributed by atoms with E-state index in [1.54, 1.807) is 14.0 Å². The molecule has 0 aromatic carbocycles. The number of methoxy groups -OCH3 is 1. The summed E-state index contributed by atoms with van der Waals surface area (Å²) in [5.41, 5.74) is 0. The van der Waals surface area contributed by atoms with Crippen LogP contribution in [0, 0.1) is 0 Å². The Morgan fingerprint density at radius 2 is 1.82 bits per heavy atom. The van der Waals surface area contributed by atoms with Crippen LogP contribution in [0.5, 0.6) is 0 Å². The molecule has 0 saturated heterocycles. The molecule has 0 atom stereocenters. The summed E-state index contributed by atoms with van der Waals surface area (Å²) in [7, 11) is -1.18. The van der Waals surface area contributed by atoms with Gasteiger partial charge in [0, 0.05) is 26.0 Å². The normalized spacial score (nSPS) is 11.9. The zero-order valence-corrected chi connectivity index (χ0v) is 11.7. The molecule has 0 saturated carbocycles. The van der Waals surface area contributed by atoms with Crippen LogP contribution in [0.2, 0.25) is 0 Å². The summed E-state index contributed by atoms with van der Waals surface area (Å²) in [4.78, 5) is 0. The van der Waals surface area contributed by atoms with Crippen LogP contribution in [-0.4, -0.2) is 59.9 Å². The molecule has 0 rings (SSSR count). The van der Waals surface area contributed by atoms with Gasteiger partial charge in [-0.1, -0.05) is 6.92 Å². The Bertz CT molecular complexity index is 254. The molecule has 6 heteroatoms. The summed E-state index contributed by atoms with van der Waals surface area (Å²) in [5.74, 6) is 0.454. The minimum Gasteiger partial charge on any atom is -0.382 e. The summed E-state index contributed by atoms with van der Waals surface area (Å²) in [5, 5.41) is 3.12. The molecule has 0 aliphatic rings. The predicted octanol–water partition coefficient (Wildman–Crippen LogP) is 0.454. The molecule has 0 aliphatic carbocycles. The molecule has 0 spiro atoms. The quantitative estimate of drug-likeness (QED) is 0.520. The van der Waals surface area contributed by atoms with Crippen LogP contribution in [-0.2, 0) is 19.3 Å². The minimum absolute atomic E-state index is 0.224. The zero-order valence-electron chi connectivity index (χ0n) is 10.9. The highest BCUT2D eigenvalue weighted by Crippen LogP contribution is 1.90. The molecule has 1 N–H and O–H groups in total. The molecule has 0 aliphatic heterocycles. The van der Waals surface area contributed by atoms with Crippen molar-refractivity contribution in [2.45, 2.75) is 19.8 Å². The van der Waals surface area contributed by atoms with E-state index < -0.39 is 9.84 Å². The van der Waals surface area contributed by atoms with E-state index in [2.05, 4.69) is 5.32 Å². The van der Waals surface area contributed by atoms with Crippen molar-refractivity contribution in [2.24, 2.45) is 0 Å². The van der Waals surface area contributed by atoms with Crippen LogP contribution in [0.3, 0.4) is 0 Å². The maximum Gasteiger partial charge on any atom is 0.151 e. The average Bonchev–Trinajstić information content (AvgIpc) is 2.31. The fourth-order valence-corrected chi connectivity index (χ4v) is 1.94. The van der Waals surface area contributed by atoms with Crippen molar-refractivity contribution < 1.29 is 17.9 Å². The van der Waals surface area contributed by atoms with Crippen molar-refractivity contribution >= 4 is 9.84 Å². The summed E-state index contributed by atoms with van der Waals surface area (Å²) in [6, 6.07) is 0. The number of rotatable bonds is 12. The largest absolute Gasteiger partial charge is 0.382 e. The van der Waals surface area contributed by atoms with Gasteiger partial charge in [-0.15, -0.1) is 0 Å². The topological polar surface area (TPSA) is 64.6 Å². The Kier molecular flexibility index (Phi) is 10.8. The minimum atomic E-state index is -2.83. The first-order chi connectivity index (χ1) is 8.12. The fraction of sp³-hybridized carbons (Fsp3) is 1.00. The van der Waals surface area contributed by atoms with E-state index in [0.717, 1.165) is 26.0 Å². The summed E-state index contributed by atoms with van der Waals surface area (Å²) >= 11 is 0. The second kappa shape index (κ2) is 11.0. The van der Waals surface area contributed by atoms with E-state index in [4.69, 9.17) is 9.47 Å². The Morgan fingerprint density at radius 1 is 1.06 bits per heavy atom. The Balaban J connectivity index is 3.14. The number of nitrogens with one attached hydrogen (secondary N) is 1. The predicted molar refractivity (Wildman–Crippen MR) is 69.1 cm³/mol. The van der Waals surface area contributed by atoms with Crippen molar-refractivity contribution in [2.75, 3.05) is 51.5 Å². The van der Waals surface area contributed by atoms with Gasteiger partial charge in [-0.3, -0.25) is 0 Å². The van der Waals surface area contributed by atoms with E-state index in [0.29, 0.717) is 19.8 Å². The van der Waals surface area contributed by atoms with E-state index in [1.165, 1.54) is 0 Å². The van der Waals surface area contributed by atoms with E-state index in [1.807, 2.05) is 0 Å². The summed E-state index contributed by atoms with van der Waals surface area (Å²) in [6.45, 7) is 5.06. The molecule has 0 heterocycles. The van der Waals surface area contributed by atoms with Crippen LogP contribution in [0.4, 0.5) is 0 Å². The van der Waals surface area contributed by atoms with E-state index >= 15 is 0 Å². The number of hydrogen-bond acceptors (Lipinski definition) is 5. The molecule has 0 radical (unpaired) electrons. The van der Waals surface area contributed by atoms with Gasteiger partial charge >= 0.3 is 0 Å². The van der Waals surface area contributed by atoms with E-state index in [9.17, 15) is 8.42 Å². The van der Waals surface area contributed by atoms with Gasteiger partial charge in [-0.05, 0) is 19.4 Å². The Hall–Kier alpha value is -0.170. The van der Waals surface area contributed by atoms with Gasteiger partial charge in [-0.25, -0.2) is 8.42 Å². The smallest absolute Gasteiger partial charge is 0.151 e. The highest BCUT2D eigenvalue weighted by atomic mass is 32.2. The Labute approximate surface area is 105 Å². The SMILES string of the molecule is CCS(=O)(=O)CCNCCCCOCCOC. The molecule has 17 heavy (non-hydrogen) atoms. The van der Waals surface area contributed by atoms with Gasteiger partial charge in [0.15, 0.2) is 9.84 Å². The van der Waals surface area contributed by atoms with Crippen molar-refractivity contribution in [1.29, 1.82) is 0 Å². The highest BCUT2D eigenvalue weighted by molar-refractivity contribution is 7.91. The van der Waals surface area contributed by atoms with Gasteiger partial charge in [0.1, 0.15) is 0 Å². The molecule has 0 fully saturated rings. The maximum atomic E-state index is 11.2. The molecule has 0 bridgehead atoms. The Morgan fingerprint density at radius 3 is 2.47 bits per heavy atom. The molecule has 0 aromatic heterocycles. The molecule has 5 nitrogen and oxygen atoms in total. The highest BCUT2D eigenvalue weighted by Gasteiger charge is 2.05. The second-order valence-electron chi connectivity index (χ2n) is 3.80. The molecular weight excluding hydrogens is 242 g/mol. The van der Waals surface area contributed by atoms with Crippen molar-refractivity contribution in [3.05, 3.63) is 0 Å².